The highest BCUT2D eigenvalue weighted by Gasteiger charge is 2.32. The van der Waals surface area contributed by atoms with Crippen LogP contribution >= 0.6 is 0 Å². The smallest absolute Gasteiger partial charge is 0.0509 e. The maximum Gasteiger partial charge on any atom is 0.0509 e. The molecule has 1 saturated heterocycles. The van der Waals surface area contributed by atoms with Crippen LogP contribution in [0, 0.1) is 11.8 Å². The van der Waals surface area contributed by atoms with Crippen molar-refractivity contribution in [1.29, 1.82) is 0 Å². The molecule has 2 aliphatic rings. The lowest BCUT2D eigenvalue weighted by molar-refractivity contribution is 0.0270. The topological polar surface area (TPSA) is 47.3 Å². The summed E-state index contributed by atoms with van der Waals surface area (Å²) >= 11 is 0. The van der Waals surface area contributed by atoms with E-state index in [1.54, 1.807) is 0 Å². The van der Waals surface area contributed by atoms with Gasteiger partial charge in [0.2, 0.25) is 0 Å². The minimum atomic E-state index is 0.397. The predicted octanol–water partition coefficient (Wildman–Crippen LogP) is 2.05. The number of hydrogen-bond acceptors (Lipinski definition) is 3. The molecule has 3 nitrogen and oxygen atoms in total. The molecule has 3 heteroatoms. The van der Waals surface area contributed by atoms with Crippen LogP contribution in [-0.2, 0) is 17.6 Å². The molecule has 0 aromatic heterocycles. The molecule has 3 rings (SSSR count). The first-order valence-corrected chi connectivity index (χ1v) is 7.49. The Morgan fingerprint density at radius 1 is 1.16 bits per heavy atom. The van der Waals surface area contributed by atoms with Crippen molar-refractivity contribution in [2.24, 2.45) is 17.7 Å². The first kappa shape index (κ1) is 13.1. The maximum atomic E-state index is 5.85. The molecule has 3 atom stereocenters. The van der Waals surface area contributed by atoms with E-state index in [-0.39, 0.29) is 0 Å². The number of benzene rings is 1. The average molecular weight is 260 g/mol. The van der Waals surface area contributed by atoms with E-state index < -0.39 is 0 Å². The Balaban J connectivity index is 1.71. The standard InChI is InChI=1S/C16H24N2O/c17-18-16(15-6-3-9-19-11-15)14-8-7-12-4-1-2-5-13(12)10-14/h1-2,4-5,14-16,18H,3,6-11,17H2. The number of nitrogens with two attached hydrogens (primary N) is 1. The van der Waals surface area contributed by atoms with Gasteiger partial charge in [0.05, 0.1) is 6.61 Å². The summed E-state index contributed by atoms with van der Waals surface area (Å²) in [7, 11) is 0. The zero-order valence-corrected chi connectivity index (χ0v) is 11.5. The van der Waals surface area contributed by atoms with Gasteiger partial charge < -0.3 is 4.74 Å². The van der Waals surface area contributed by atoms with E-state index in [4.69, 9.17) is 10.6 Å². The molecule has 0 radical (unpaired) electrons. The van der Waals surface area contributed by atoms with Crippen LogP contribution < -0.4 is 11.3 Å². The van der Waals surface area contributed by atoms with Crippen LogP contribution in [0.3, 0.4) is 0 Å². The van der Waals surface area contributed by atoms with Crippen molar-refractivity contribution in [1.82, 2.24) is 5.43 Å². The molecule has 0 amide bonds. The predicted molar refractivity (Wildman–Crippen MR) is 76.6 cm³/mol. The van der Waals surface area contributed by atoms with Crippen LogP contribution in [0.4, 0.5) is 0 Å². The van der Waals surface area contributed by atoms with Crippen molar-refractivity contribution in [3.8, 4) is 0 Å². The highest BCUT2D eigenvalue weighted by atomic mass is 16.5. The Hall–Kier alpha value is -0.900. The molecule has 0 saturated carbocycles. The van der Waals surface area contributed by atoms with E-state index in [1.807, 2.05) is 0 Å². The monoisotopic (exact) mass is 260 g/mol. The molecule has 1 fully saturated rings. The number of nitrogens with one attached hydrogen (secondary N) is 1. The lowest BCUT2D eigenvalue weighted by Crippen LogP contribution is -2.49. The van der Waals surface area contributed by atoms with E-state index in [1.165, 1.54) is 36.8 Å². The lowest BCUT2D eigenvalue weighted by atomic mass is 9.75. The molecule has 1 heterocycles. The number of aryl methyl sites for hydroxylation is 1. The van der Waals surface area contributed by atoms with Gasteiger partial charge >= 0.3 is 0 Å². The average Bonchev–Trinajstić information content (AvgIpc) is 2.49. The second kappa shape index (κ2) is 6.04. The van der Waals surface area contributed by atoms with E-state index in [0.29, 0.717) is 17.9 Å². The molecule has 1 aromatic carbocycles. The zero-order chi connectivity index (χ0) is 13.1. The summed E-state index contributed by atoms with van der Waals surface area (Å²) in [5, 5.41) is 0. The van der Waals surface area contributed by atoms with Gasteiger partial charge in [0.1, 0.15) is 0 Å². The molecule has 1 aliphatic carbocycles. The Labute approximate surface area is 115 Å². The summed E-state index contributed by atoms with van der Waals surface area (Å²) in [6, 6.07) is 9.23. The molecule has 0 spiro atoms. The van der Waals surface area contributed by atoms with E-state index in [9.17, 15) is 0 Å². The summed E-state index contributed by atoms with van der Waals surface area (Å²) in [4.78, 5) is 0. The molecule has 3 N–H and O–H groups in total. The van der Waals surface area contributed by atoms with Gasteiger partial charge in [-0.2, -0.15) is 0 Å². The van der Waals surface area contributed by atoms with Crippen molar-refractivity contribution >= 4 is 0 Å². The Morgan fingerprint density at radius 3 is 2.74 bits per heavy atom. The van der Waals surface area contributed by atoms with Gasteiger partial charge in [-0.1, -0.05) is 24.3 Å². The van der Waals surface area contributed by atoms with Crippen LogP contribution in [0.1, 0.15) is 30.4 Å². The summed E-state index contributed by atoms with van der Waals surface area (Å²) in [6.07, 6.45) is 6.00. The first-order chi connectivity index (χ1) is 9.38. The molecule has 19 heavy (non-hydrogen) atoms. The maximum absolute atomic E-state index is 5.85. The van der Waals surface area contributed by atoms with Crippen LogP contribution in [0.2, 0.25) is 0 Å². The Bertz CT molecular complexity index is 415. The number of hydrazine groups is 1. The molecular formula is C16H24N2O. The molecule has 1 aliphatic heterocycles. The van der Waals surface area contributed by atoms with Crippen molar-refractivity contribution < 1.29 is 4.74 Å². The van der Waals surface area contributed by atoms with Crippen molar-refractivity contribution in [2.75, 3.05) is 13.2 Å². The highest BCUT2D eigenvalue weighted by Crippen LogP contribution is 2.32. The molecule has 1 aromatic rings. The molecular weight excluding hydrogens is 236 g/mol. The summed E-state index contributed by atoms with van der Waals surface area (Å²) in [5.74, 6) is 7.07. The summed E-state index contributed by atoms with van der Waals surface area (Å²) in [6.45, 7) is 1.79. The number of fused-ring (bicyclic) bond motifs is 1. The van der Waals surface area contributed by atoms with Crippen molar-refractivity contribution in [3.63, 3.8) is 0 Å². The second-order valence-corrected chi connectivity index (χ2v) is 5.94. The van der Waals surface area contributed by atoms with Gasteiger partial charge in [-0.05, 0) is 55.1 Å². The number of ether oxygens (including phenoxy) is 1. The van der Waals surface area contributed by atoms with E-state index in [2.05, 4.69) is 29.7 Å². The molecule has 0 bridgehead atoms. The van der Waals surface area contributed by atoms with E-state index in [0.717, 1.165) is 19.6 Å². The molecule has 3 unspecified atom stereocenters. The highest BCUT2D eigenvalue weighted by molar-refractivity contribution is 5.30. The van der Waals surface area contributed by atoms with Gasteiger partial charge in [-0.25, -0.2) is 0 Å². The third-order valence-corrected chi connectivity index (χ3v) is 4.79. The SMILES string of the molecule is NNC(C1CCCOC1)C1CCc2ccccc2C1. The van der Waals surface area contributed by atoms with Crippen LogP contribution in [-0.4, -0.2) is 19.3 Å². The number of hydrogen-bond donors (Lipinski definition) is 2. The zero-order valence-electron chi connectivity index (χ0n) is 11.5. The van der Waals surface area contributed by atoms with Crippen LogP contribution in [0.5, 0.6) is 0 Å². The van der Waals surface area contributed by atoms with Crippen LogP contribution in [0.25, 0.3) is 0 Å². The summed E-state index contributed by atoms with van der Waals surface area (Å²) < 4.78 is 5.63. The Morgan fingerprint density at radius 2 is 2.00 bits per heavy atom. The number of rotatable bonds is 3. The fourth-order valence-electron chi connectivity index (χ4n) is 3.74. The Kier molecular flexibility index (Phi) is 4.16. The fourth-order valence-corrected chi connectivity index (χ4v) is 3.74. The largest absolute Gasteiger partial charge is 0.381 e. The minimum absolute atomic E-state index is 0.397. The van der Waals surface area contributed by atoms with Crippen LogP contribution in [0.15, 0.2) is 24.3 Å². The van der Waals surface area contributed by atoms with Gasteiger partial charge in [-0.15, -0.1) is 0 Å². The van der Waals surface area contributed by atoms with Crippen molar-refractivity contribution in [3.05, 3.63) is 35.4 Å². The van der Waals surface area contributed by atoms with Gasteiger partial charge in [0.25, 0.3) is 0 Å². The normalized spacial score (nSPS) is 28.7. The van der Waals surface area contributed by atoms with Gasteiger partial charge in [-0.3, -0.25) is 11.3 Å². The quantitative estimate of drug-likeness (QED) is 0.646. The van der Waals surface area contributed by atoms with Gasteiger partial charge in [0, 0.05) is 12.6 Å². The van der Waals surface area contributed by atoms with Gasteiger partial charge in [0.15, 0.2) is 0 Å². The van der Waals surface area contributed by atoms with Crippen molar-refractivity contribution in [2.45, 2.75) is 38.1 Å². The minimum Gasteiger partial charge on any atom is -0.381 e. The first-order valence-electron chi connectivity index (χ1n) is 7.49. The second-order valence-electron chi connectivity index (χ2n) is 5.94. The summed E-state index contributed by atoms with van der Waals surface area (Å²) in [5.41, 5.74) is 6.12. The molecule has 104 valence electrons. The third-order valence-electron chi connectivity index (χ3n) is 4.79. The van der Waals surface area contributed by atoms with E-state index >= 15 is 0 Å². The third kappa shape index (κ3) is 2.83. The fraction of sp³-hybridized carbons (Fsp3) is 0.625. The lowest BCUT2D eigenvalue weighted by Gasteiger charge is -2.37.